The maximum Gasteiger partial charge on any atom is 0.216 e. The number of nitrogens with two attached hydrogens (primary N) is 1. The fourth-order valence-corrected chi connectivity index (χ4v) is 3.19. The molecule has 7 nitrogen and oxygen atoms in total. The fourth-order valence-electron chi connectivity index (χ4n) is 3.19. The first-order valence-corrected chi connectivity index (χ1v) is 7.17. The molecule has 7 heteroatoms. The van der Waals surface area contributed by atoms with Crippen LogP contribution in [-0.2, 0) is 20.1 Å². The van der Waals surface area contributed by atoms with E-state index in [4.69, 9.17) is 10.5 Å². The zero-order chi connectivity index (χ0) is 15.0. The molecule has 2 aromatic heterocycles. The molecule has 1 unspecified atom stereocenters. The van der Waals surface area contributed by atoms with Crippen molar-refractivity contribution >= 4 is 0 Å². The van der Waals surface area contributed by atoms with Crippen molar-refractivity contribution in [2.45, 2.75) is 26.1 Å². The van der Waals surface area contributed by atoms with E-state index in [2.05, 4.69) is 19.5 Å². The maximum absolute atomic E-state index is 6.07. The molecule has 0 fully saturated rings. The van der Waals surface area contributed by atoms with E-state index < -0.39 is 0 Å². The predicted molar refractivity (Wildman–Crippen MR) is 78.9 cm³/mol. The number of aromatic nitrogens is 4. The second-order valence-corrected chi connectivity index (χ2v) is 5.39. The Kier molecular flexibility index (Phi) is 3.69. The van der Waals surface area contributed by atoms with Crippen molar-refractivity contribution in [2.24, 2.45) is 12.8 Å². The van der Waals surface area contributed by atoms with Gasteiger partial charge in [-0.1, -0.05) is 0 Å². The second-order valence-electron chi connectivity index (χ2n) is 5.39. The Bertz CT molecular complexity index is 631. The summed E-state index contributed by atoms with van der Waals surface area (Å²) in [6, 6.07) is 0.0964. The van der Waals surface area contributed by atoms with E-state index in [-0.39, 0.29) is 6.04 Å². The van der Waals surface area contributed by atoms with Crippen LogP contribution in [0.25, 0.3) is 0 Å². The van der Waals surface area contributed by atoms with Crippen LogP contribution in [0.5, 0.6) is 5.88 Å². The summed E-state index contributed by atoms with van der Waals surface area (Å²) in [5, 5.41) is 4.47. The van der Waals surface area contributed by atoms with E-state index in [1.165, 1.54) is 0 Å². The van der Waals surface area contributed by atoms with Gasteiger partial charge in [0.05, 0.1) is 31.0 Å². The van der Waals surface area contributed by atoms with Crippen molar-refractivity contribution in [3.8, 4) is 5.88 Å². The molecule has 2 aromatic rings. The molecule has 0 bridgehead atoms. The summed E-state index contributed by atoms with van der Waals surface area (Å²) in [5.74, 6) is 1.87. The highest BCUT2D eigenvalue weighted by molar-refractivity contribution is 5.34. The van der Waals surface area contributed by atoms with Crippen LogP contribution in [0.2, 0.25) is 0 Å². The molecule has 0 aromatic carbocycles. The number of nitrogens with zero attached hydrogens (tertiary/aromatic N) is 5. The average Bonchev–Trinajstić information content (AvgIpc) is 3.04. The third-order valence-corrected chi connectivity index (χ3v) is 4.18. The molecule has 0 saturated carbocycles. The summed E-state index contributed by atoms with van der Waals surface area (Å²) in [6.07, 6.45) is 3.88. The summed E-state index contributed by atoms with van der Waals surface area (Å²) in [4.78, 5) is 6.77. The number of rotatable bonds is 4. The van der Waals surface area contributed by atoms with Gasteiger partial charge in [-0.2, -0.15) is 5.10 Å². The Morgan fingerprint density at radius 3 is 2.95 bits per heavy atom. The minimum Gasteiger partial charge on any atom is -0.481 e. The van der Waals surface area contributed by atoms with Crippen LogP contribution in [0.15, 0.2) is 12.4 Å². The van der Waals surface area contributed by atoms with Gasteiger partial charge < -0.3 is 15.0 Å². The van der Waals surface area contributed by atoms with Gasteiger partial charge in [-0.3, -0.25) is 4.90 Å². The number of aryl methyl sites for hydroxylation is 2. The van der Waals surface area contributed by atoms with Crippen molar-refractivity contribution in [2.75, 3.05) is 20.2 Å². The number of methoxy groups -OCH3 is 1. The molecule has 0 amide bonds. The van der Waals surface area contributed by atoms with Gasteiger partial charge in [-0.25, -0.2) is 9.67 Å². The predicted octanol–water partition coefficient (Wildman–Crippen LogP) is 0.449. The molecule has 0 radical (unpaired) electrons. The van der Waals surface area contributed by atoms with E-state index in [0.717, 1.165) is 42.6 Å². The highest BCUT2D eigenvalue weighted by Crippen LogP contribution is 2.33. The molecule has 3 rings (SSSR count). The lowest BCUT2D eigenvalue weighted by atomic mass is 10.0. The Hall–Kier alpha value is -1.86. The van der Waals surface area contributed by atoms with Crippen molar-refractivity contribution in [1.29, 1.82) is 0 Å². The summed E-state index contributed by atoms with van der Waals surface area (Å²) in [6.45, 7) is 5.22. The lowest BCUT2D eigenvalue weighted by molar-refractivity contribution is 0.153. The van der Waals surface area contributed by atoms with E-state index in [0.29, 0.717) is 6.54 Å². The summed E-state index contributed by atoms with van der Waals surface area (Å²) in [5.41, 5.74) is 8.13. The fraction of sp³-hybridized carbons (Fsp3) is 0.571. The van der Waals surface area contributed by atoms with Crippen LogP contribution in [0, 0.1) is 6.92 Å². The second kappa shape index (κ2) is 5.50. The van der Waals surface area contributed by atoms with Crippen LogP contribution in [0.3, 0.4) is 0 Å². The van der Waals surface area contributed by atoms with Crippen LogP contribution in [0.1, 0.15) is 23.1 Å². The Morgan fingerprint density at radius 1 is 1.43 bits per heavy atom. The van der Waals surface area contributed by atoms with Crippen molar-refractivity contribution in [3.63, 3.8) is 0 Å². The first-order valence-electron chi connectivity index (χ1n) is 7.17. The molecule has 0 spiro atoms. The molecule has 3 heterocycles. The van der Waals surface area contributed by atoms with Crippen LogP contribution in [0.4, 0.5) is 0 Å². The molecular formula is C14H22N6O. The van der Waals surface area contributed by atoms with E-state index in [9.17, 15) is 0 Å². The molecule has 0 aliphatic carbocycles. The smallest absolute Gasteiger partial charge is 0.216 e. The molecule has 114 valence electrons. The molecule has 2 N–H and O–H groups in total. The standard InChI is InChI=1S/C14H22N6O/c1-10-13(14(21-3)18(2)17-10)11(8-15)20-7-6-19-5-4-16-12(19)9-20/h4-5,11H,6-9,15H2,1-3H3. The van der Waals surface area contributed by atoms with Crippen molar-refractivity contribution in [3.05, 3.63) is 29.5 Å². The van der Waals surface area contributed by atoms with Crippen LogP contribution >= 0.6 is 0 Å². The monoisotopic (exact) mass is 290 g/mol. The first kappa shape index (κ1) is 14.1. The third-order valence-electron chi connectivity index (χ3n) is 4.18. The van der Waals surface area contributed by atoms with Gasteiger partial charge in [0.1, 0.15) is 5.82 Å². The van der Waals surface area contributed by atoms with Gasteiger partial charge in [0.15, 0.2) is 0 Å². The Labute approximate surface area is 124 Å². The number of ether oxygens (including phenoxy) is 1. The first-order chi connectivity index (χ1) is 10.2. The quantitative estimate of drug-likeness (QED) is 0.885. The van der Waals surface area contributed by atoms with Gasteiger partial charge >= 0.3 is 0 Å². The lowest BCUT2D eigenvalue weighted by Crippen LogP contribution is -2.40. The minimum atomic E-state index is 0.0964. The summed E-state index contributed by atoms with van der Waals surface area (Å²) >= 11 is 0. The molecule has 1 aliphatic rings. The lowest BCUT2D eigenvalue weighted by Gasteiger charge is -2.34. The maximum atomic E-state index is 6.07. The highest BCUT2D eigenvalue weighted by Gasteiger charge is 2.30. The molecule has 21 heavy (non-hydrogen) atoms. The van der Waals surface area contributed by atoms with Gasteiger partial charge in [0, 0.05) is 39.1 Å². The largest absolute Gasteiger partial charge is 0.481 e. The molecule has 1 atom stereocenters. The Balaban J connectivity index is 1.93. The zero-order valence-corrected chi connectivity index (χ0v) is 12.8. The Morgan fingerprint density at radius 2 is 2.24 bits per heavy atom. The van der Waals surface area contributed by atoms with E-state index in [1.807, 2.05) is 26.4 Å². The summed E-state index contributed by atoms with van der Waals surface area (Å²) < 4.78 is 9.49. The number of hydrogen-bond acceptors (Lipinski definition) is 5. The average molecular weight is 290 g/mol. The van der Waals surface area contributed by atoms with Gasteiger partial charge in [0.25, 0.3) is 0 Å². The van der Waals surface area contributed by atoms with Crippen LogP contribution in [-0.4, -0.2) is 44.4 Å². The number of hydrogen-bond donors (Lipinski definition) is 1. The van der Waals surface area contributed by atoms with E-state index in [1.54, 1.807) is 11.8 Å². The normalized spacial score (nSPS) is 16.8. The van der Waals surface area contributed by atoms with Crippen molar-refractivity contribution in [1.82, 2.24) is 24.2 Å². The van der Waals surface area contributed by atoms with Crippen LogP contribution < -0.4 is 10.5 Å². The highest BCUT2D eigenvalue weighted by atomic mass is 16.5. The molecular weight excluding hydrogens is 268 g/mol. The summed E-state index contributed by atoms with van der Waals surface area (Å²) in [7, 11) is 3.57. The number of imidazole rings is 1. The number of fused-ring (bicyclic) bond motifs is 1. The molecule has 1 aliphatic heterocycles. The zero-order valence-electron chi connectivity index (χ0n) is 12.8. The third kappa shape index (κ3) is 2.32. The topological polar surface area (TPSA) is 74.1 Å². The van der Waals surface area contributed by atoms with Crippen molar-refractivity contribution < 1.29 is 4.74 Å². The van der Waals surface area contributed by atoms with Gasteiger partial charge in [-0.05, 0) is 6.92 Å². The van der Waals surface area contributed by atoms with Gasteiger partial charge in [0.2, 0.25) is 5.88 Å². The minimum absolute atomic E-state index is 0.0964. The SMILES string of the molecule is COc1c(C(CN)N2CCn3ccnc3C2)c(C)nn1C. The van der Waals surface area contributed by atoms with Gasteiger partial charge in [-0.15, -0.1) is 0 Å². The van der Waals surface area contributed by atoms with E-state index >= 15 is 0 Å². The molecule has 0 saturated heterocycles.